The van der Waals surface area contributed by atoms with Gasteiger partial charge in [0.05, 0.1) is 24.8 Å². The highest BCUT2D eigenvalue weighted by atomic mass is 16.5. The molecule has 2 aromatic carbocycles. The SMILES string of the molecule is COc1cc(C#N)ccc1OCC(=O)NC(C)c1ccc(C)c(C)c1. The Labute approximate surface area is 148 Å². The summed E-state index contributed by atoms with van der Waals surface area (Å²) >= 11 is 0. The van der Waals surface area contributed by atoms with Crippen LogP contribution in [0.15, 0.2) is 36.4 Å². The van der Waals surface area contributed by atoms with Crippen LogP contribution in [0, 0.1) is 25.2 Å². The van der Waals surface area contributed by atoms with E-state index in [0.29, 0.717) is 17.1 Å². The van der Waals surface area contributed by atoms with Crippen LogP contribution in [-0.2, 0) is 4.79 Å². The summed E-state index contributed by atoms with van der Waals surface area (Å²) in [7, 11) is 1.49. The molecule has 0 bridgehead atoms. The van der Waals surface area contributed by atoms with Gasteiger partial charge in [-0.05, 0) is 49.6 Å². The molecule has 1 N–H and O–H groups in total. The summed E-state index contributed by atoms with van der Waals surface area (Å²) in [4.78, 5) is 12.1. The largest absolute Gasteiger partial charge is 0.493 e. The summed E-state index contributed by atoms with van der Waals surface area (Å²) in [5.41, 5.74) is 3.93. The first kappa shape index (κ1) is 18.3. The number of benzene rings is 2. The Morgan fingerprint density at radius 1 is 1.16 bits per heavy atom. The Kier molecular flexibility index (Phi) is 6.02. The standard InChI is InChI=1S/C20H22N2O3/c1-13-5-7-17(9-14(13)2)15(3)22-20(23)12-25-18-8-6-16(11-21)10-19(18)24-4/h5-10,15H,12H2,1-4H3,(H,22,23). The Morgan fingerprint density at radius 2 is 1.92 bits per heavy atom. The minimum absolute atomic E-state index is 0.113. The molecule has 0 aliphatic carbocycles. The van der Waals surface area contributed by atoms with Crippen molar-refractivity contribution in [3.63, 3.8) is 0 Å². The first-order valence-corrected chi connectivity index (χ1v) is 8.02. The highest BCUT2D eigenvalue weighted by Gasteiger charge is 2.12. The Morgan fingerprint density at radius 3 is 2.56 bits per heavy atom. The van der Waals surface area contributed by atoms with E-state index in [2.05, 4.69) is 18.3 Å². The van der Waals surface area contributed by atoms with E-state index in [4.69, 9.17) is 14.7 Å². The van der Waals surface area contributed by atoms with Crippen molar-refractivity contribution in [2.75, 3.05) is 13.7 Å². The van der Waals surface area contributed by atoms with Crippen LogP contribution in [0.1, 0.15) is 35.2 Å². The quantitative estimate of drug-likeness (QED) is 0.876. The monoisotopic (exact) mass is 338 g/mol. The number of nitriles is 1. The Hall–Kier alpha value is -3.00. The summed E-state index contributed by atoms with van der Waals surface area (Å²) in [6.45, 7) is 5.91. The maximum atomic E-state index is 12.1. The predicted octanol–water partition coefficient (Wildman–Crippen LogP) is 3.44. The van der Waals surface area contributed by atoms with Crippen LogP contribution in [0.4, 0.5) is 0 Å². The number of carbonyl (C=O) groups is 1. The third kappa shape index (κ3) is 4.74. The van der Waals surface area contributed by atoms with Crippen LogP contribution in [0.5, 0.6) is 11.5 Å². The molecule has 5 nitrogen and oxygen atoms in total. The number of aryl methyl sites for hydroxylation is 2. The van der Waals surface area contributed by atoms with E-state index < -0.39 is 0 Å². The fraction of sp³-hybridized carbons (Fsp3) is 0.300. The minimum atomic E-state index is -0.225. The first-order valence-electron chi connectivity index (χ1n) is 8.02. The van der Waals surface area contributed by atoms with E-state index in [9.17, 15) is 4.79 Å². The molecule has 0 aliphatic rings. The predicted molar refractivity (Wildman–Crippen MR) is 95.7 cm³/mol. The molecule has 0 saturated carbocycles. The molecule has 1 amide bonds. The van der Waals surface area contributed by atoms with Gasteiger partial charge in [0.2, 0.25) is 0 Å². The van der Waals surface area contributed by atoms with Gasteiger partial charge in [0.1, 0.15) is 0 Å². The van der Waals surface area contributed by atoms with Crippen LogP contribution < -0.4 is 14.8 Å². The number of nitrogens with zero attached hydrogens (tertiary/aromatic N) is 1. The van der Waals surface area contributed by atoms with Crippen molar-refractivity contribution in [2.45, 2.75) is 26.8 Å². The maximum Gasteiger partial charge on any atom is 0.258 e. The van der Waals surface area contributed by atoms with Gasteiger partial charge in [0.25, 0.3) is 5.91 Å². The molecule has 1 atom stereocenters. The molecule has 0 heterocycles. The van der Waals surface area contributed by atoms with E-state index in [0.717, 1.165) is 5.56 Å². The first-order chi connectivity index (χ1) is 11.9. The molecule has 0 aromatic heterocycles. The van der Waals surface area contributed by atoms with Crippen LogP contribution >= 0.6 is 0 Å². The lowest BCUT2D eigenvalue weighted by molar-refractivity contribution is -0.123. The zero-order chi connectivity index (χ0) is 18.4. The summed E-state index contributed by atoms with van der Waals surface area (Å²) in [5, 5.41) is 11.8. The van der Waals surface area contributed by atoms with E-state index in [1.165, 1.54) is 18.2 Å². The van der Waals surface area contributed by atoms with E-state index in [1.807, 2.05) is 32.0 Å². The normalized spacial score (nSPS) is 11.3. The molecular weight excluding hydrogens is 316 g/mol. The number of carbonyl (C=O) groups excluding carboxylic acids is 1. The van der Waals surface area contributed by atoms with E-state index in [-0.39, 0.29) is 18.6 Å². The second-order valence-corrected chi connectivity index (χ2v) is 5.90. The average Bonchev–Trinajstić information content (AvgIpc) is 2.61. The number of rotatable bonds is 6. The second-order valence-electron chi connectivity index (χ2n) is 5.90. The highest BCUT2D eigenvalue weighted by molar-refractivity contribution is 5.78. The summed E-state index contributed by atoms with van der Waals surface area (Å²) in [6.07, 6.45) is 0. The Bertz CT molecular complexity index is 809. The van der Waals surface area contributed by atoms with Crippen molar-refractivity contribution in [2.24, 2.45) is 0 Å². The number of methoxy groups -OCH3 is 1. The zero-order valence-electron chi connectivity index (χ0n) is 14.9. The number of hydrogen-bond donors (Lipinski definition) is 1. The van der Waals surface area contributed by atoms with Gasteiger partial charge in [-0.2, -0.15) is 5.26 Å². The lowest BCUT2D eigenvalue weighted by atomic mass is 10.0. The lowest BCUT2D eigenvalue weighted by Gasteiger charge is -2.16. The number of nitrogens with one attached hydrogen (secondary N) is 1. The molecule has 5 heteroatoms. The van der Waals surface area contributed by atoms with Crippen LogP contribution in [0.3, 0.4) is 0 Å². The average molecular weight is 338 g/mol. The number of amides is 1. The van der Waals surface area contributed by atoms with Crippen molar-refractivity contribution >= 4 is 5.91 Å². The molecule has 130 valence electrons. The molecule has 0 fully saturated rings. The smallest absolute Gasteiger partial charge is 0.258 e. The summed E-state index contributed by atoms with van der Waals surface area (Å²) < 4.78 is 10.7. The lowest BCUT2D eigenvalue weighted by Crippen LogP contribution is -2.31. The molecule has 1 unspecified atom stereocenters. The van der Waals surface area contributed by atoms with Gasteiger partial charge >= 0.3 is 0 Å². The topological polar surface area (TPSA) is 71.3 Å². The van der Waals surface area contributed by atoms with Gasteiger partial charge < -0.3 is 14.8 Å². The van der Waals surface area contributed by atoms with Crippen LogP contribution in [0.2, 0.25) is 0 Å². The summed E-state index contributed by atoms with van der Waals surface area (Å²) in [5.74, 6) is 0.627. The maximum absolute atomic E-state index is 12.1. The molecule has 25 heavy (non-hydrogen) atoms. The molecule has 0 saturated heterocycles. The third-order valence-electron chi connectivity index (χ3n) is 4.06. The van der Waals surface area contributed by atoms with Crippen LogP contribution in [0.25, 0.3) is 0 Å². The molecule has 0 radical (unpaired) electrons. The Balaban J connectivity index is 1.96. The minimum Gasteiger partial charge on any atom is -0.493 e. The second kappa shape index (κ2) is 8.20. The van der Waals surface area contributed by atoms with Crippen molar-refractivity contribution in [1.29, 1.82) is 5.26 Å². The van der Waals surface area contributed by atoms with Gasteiger partial charge in [0, 0.05) is 6.07 Å². The fourth-order valence-corrected chi connectivity index (χ4v) is 2.40. The van der Waals surface area contributed by atoms with Crippen molar-refractivity contribution in [3.8, 4) is 17.6 Å². The van der Waals surface area contributed by atoms with Gasteiger partial charge in [-0.25, -0.2) is 0 Å². The number of ether oxygens (including phenoxy) is 2. The van der Waals surface area contributed by atoms with E-state index >= 15 is 0 Å². The fourth-order valence-electron chi connectivity index (χ4n) is 2.40. The molecule has 2 aromatic rings. The van der Waals surface area contributed by atoms with Crippen molar-refractivity contribution in [3.05, 3.63) is 58.7 Å². The zero-order valence-corrected chi connectivity index (χ0v) is 14.9. The van der Waals surface area contributed by atoms with Gasteiger partial charge in [0.15, 0.2) is 18.1 Å². The molecular formula is C20H22N2O3. The van der Waals surface area contributed by atoms with Crippen molar-refractivity contribution in [1.82, 2.24) is 5.32 Å². The molecule has 0 aliphatic heterocycles. The van der Waals surface area contributed by atoms with Gasteiger partial charge in [-0.1, -0.05) is 18.2 Å². The molecule has 2 rings (SSSR count). The van der Waals surface area contributed by atoms with Gasteiger partial charge in [-0.15, -0.1) is 0 Å². The molecule has 0 spiro atoms. The van der Waals surface area contributed by atoms with Crippen molar-refractivity contribution < 1.29 is 14.3 Å². The summed E-state index contributed by atoms with van der Waals surface area (Å²) in [6, 6.07) is 12.9. The number of hydrogen-bond acceptors (Lipinski definition) is 4. The van der Waals surface area contributed by atoms with Gasteiger partial charge in [-0.3, -0.25) is 4.79 Å². The van der Waals surface area contributed by atoms with E-state index in [1.54, 1.807) is 18.2 Å². The third-order valence-corrected chi connectivity index (χ3v) is 4.06. The van der Waals surface area contributed by atoms with Crippen LogP contribution in [-0.4, -0.2) is 19.6 Å². The highest BCUT2D eigenvalue weighted by Crippen LogP contribution is 2.27.